The van der Waals surface area contributed by atoms with E-state index >= 15 is 0 Å². The number of amides is 1. The Hall–Kier alpha value is -3.09. The van der Waals surface area contributed by atoms with Crippen LogP contribution in [0.15, 0.2) is 66.7 Å². The molecule has 2 aromatic carbocycles. The van der Waals surface area contributed by atoms with Gasteiger partial charge in [0.05, 0.1) is 28.6 Å². The zero-order chi connectivity index (χ0) is 29.4. The lowest BCUT2D eigenvalue weighted by Gasteiger charge is -2.31. The van der Waals surface area contributed by atoms with Gasteiger partial charge in [-0.15, -0.1) is 11.3 Å². The van der Waals surface area contributed by atoms with E-state index in [1.807, 2.05) is 66.7 Å². The summed E-state index contributed by atoms with van der Waals surface area (Å²) in [5.74, 6) is 0.482. The van der Waals surface area contributed by atoms with Crippen LogP contribution in [0.1, 0.15) is 27.4 Å². The number of benzene rings is 2. The second kappa shape index (κ2) is 14.4. The third-order valence-corrected chi connectivity index (χ3v) is 10.4. The van der Waals surface area contributed by atoms with Gasteiger partial charge in [0.25, 0.3) is 0 Å². The van der Waals surface area contributed by atoms with Crippen molar-refractivity contribution in [2.75, 3.05) is 62.6 Å². The number of nitrogens with one attached hydrogen (secondary N) is 2. The highest BCUT2D eigenvalue weighted by Gasteiger charge is 2.24. The molecule has 1 amide bonds. The fourth-order valence-corrected chi connectivity index (χ4v) is 7.54. The lowest BCUT2D eigenvalue weighted by atomic mass is 10.0. The summed E-state index contributed by atoms with van der Waals surface area (Å²) in [6.07, 6.45) is 0.987. The van der Waals surface area contributed by atoms with Gasteiger partial charge in [-0.1, -0.05) is 48.5 Å². The second-order valence-electron chi connectivity index (χ2n) is 10.8. The van der Waals surface area contributed by atoms with E-state index in [4.69, 9.17) is 4.74 Å². The average molecular weight is 611 g/mol. The zero-order valence-electron chi connectivity index (χ0n) is 23.7. The predicted molar refractivity (Wildman–Crippen MR) is 167 cm³/mol. The number of carbonyl (C=O) groups excluding carboxylic acids is 2. The summed E-state index contributed by atoms with van der Waals surface area (Å²) in [6.45, 7) is 5.25. The lowest BCUT2D eigenvalue weighted by molar-refractivity contribution is 0.0593. The van der Waals surface area contributed by atoms with Gasteiger partial charge in [0.1, 0.15) is 6.10 Å². The largest absolute Gasteiger partial charge is 0.446 e. The number of likely N-dealkylation sites (tertiary alicyclic amines) is 1. The van der Waals surface area contributed by atoms with Crippen LogP contribution in [0.3, 0.4) is 0 Å². The first kappa shape index (κ1) is 30.4. The summed E-state index contributed by atoms with van der Waals surface area (Å²) < 4.78 is 29.0. The molecule has 2 aliphatic rings. The van der Waals surface area contributed by atoms with Gasteiger partial charge in [-0.05, 0) is 36.6 Å². The Balaban J connectivity index is 0.972. The summed E-state index contributed by atoms with van der Waals surface area (Å²) in [4.78, 5) is 31.6. The van der Waals surface area contributed by atoms with Gasteiger partial charge >= 0.3 is 6.09 Å². The van der Waals surface area contributed by atoms with Crippen LogP contribution in [-0.4, -0.2) is 93.5 Å². The van der Waals surface area contributed by atoms with E-state index in [1.54, 1.807) is 0 Å². The molecule has 3 heterocycles. The number of sulfone groups is 1. The molecule has 2 N–H and O–H groups in total. The molecule has 3 aromatic rings. The van der Waals surface area contributed by atoms with Crippen molar-refractivity contribution in [1.82, 2.24) is 15.1 Å². The number of ether oxygens (including phenoxy) is 1. The topological polar surface area (TPSA) is 108 Å². The Morgan fingerprint density at radius 1 is 0.881 bits per heavy atom. The molecule has 5 rings (SSSR count). The Bertz CT molecular complexity index is 1440. The lowest BCUT2D eigenvalue weighted by Crippen LogP contribution is -2.41. The summed E-state index contributed by atoms with van der Waals surface area (Å²) in [6, 6.07) is 21.5. The molecule has 224 valence electrons. The Kier molecular flexibility index (Phi) is 10.4. The van der Waals surface area contributed by atoms with Gasteiger partial charge in [0.15, 0.2) is 15.6 Å². The smallest absolute Gasteiger partial charge is 0.411 e. The molecule has 0 radical (unpaired) electrons. The van der Waals surface area contributed by atoms with Gasteiger partial charge in [-0.2, -0.15) is 0 Å². The SMILES string of the molecule is O=C(Nc1ccccc1-c1ccccc1)OC1CCN(CCNCC(=O)c2ccc(CN3CCS(=O)(=O)CC3)s2)CC1. The average Bonchev–Trinajstić information content (AvgIpc) is 3.46. The van der Waals surface area contributed by atoms with E-state index in [0.29, 0.717) is 26.2 Å². The molecule has 2 saturated heterocycles. The van der Waals surface area contributed by atoms with Crippen molar-refractivity contribution < 1.29 is 22.7 Å². The highest BCUT2D eigenvalue weighted by Crippen LogP contribution is 2.28. The molecule has 0 saturated carbocycles. The van der Waals surface area contributed by atoms with E-state index in [9.17, 15) is 18.0 Å². The van der Waals surface area contributed by atoms with Gasteiger partial charge in [-0.3, -0.25) is 15.0 Å². The molecule has 42 heavy (non-hydrogen) atoms. The molecule has 11 heteroatoms. The van der Waals surface area contributed by atoms with Gasteiger partial charge < -0.3 is 15.0 Å². The van der Waals surface area contributed by atoms with Crippen molar-refractivity contribution in [3.63, 3.8) is 0 Å². The summed E-state index contributed by atoms with van der Waals surface area (Å²) in [5.41, 5.74) is 2.71. The van der Waals surface area contributed by atoms with Crippen LogP contribution in [0.5, 0.6) is 0 Å². The van der Waals surface area contributed by atoms with E-state index < -0.39 is 15.9 Å². The van der Waals surface area contributed by atoms with Gasteiger partial charge in [-0.25, -0.2) is 13.2 Å². The minimum Gasteiger partial charge on any atom is -0.446 e. The molecule has 0 aliphatic carbocycles. The molecular weight excluding hydrogens is 572 g/mol. The molecule has 0 atom stereocenters. The minimum absolute atomic E-state index is 0.0689. The van der Waals surface area contributed by atoms with E-state index in [2.05, 4.69) is 20.4 Å². The highest BCUT2D eigenvalue weighted by atomic mass is 32.2. The summed E-state index contributed by atoms with van der Waals surface area (Å²) in [7, 11) is -2.89. The number of hydrogen-bond acceptors (Lipinski definition) is 9. The molecule has 2 aliphatic heterocycles. The number of piperidine rings is 1. The quantitative estimate of drug-likeness (QED) is 0.247. The first-order chi connectivity index (χ1) is 20.3. The monoisotopic (exact) mass is 610 g/mol. The summed E-state index contributed by atoms with van der Waals surface area (Å²) in [5, 5.41) is 6.18. The maximum absolute atomic E-state index is 12.7. The van der Waals surface area contributed by atoms with Crippen molar-refractivity contribution in [2.45, 2.75) is 25.5 Å². The van der Waals surface area contributed by atoms with E-state index in [-0.39, 0.29) is 29.9 Å². The number of ketones is 1. The van der Waals surface area contributed by atoms with Crippen LogP contribution in [0, 0.1) is 0 Å². The van der Waals surface area contributed by atoms with Crippen LogP contribution >= 0.6 is 11.3 Å². The fraction of sp³-hybridized carbons (Fsp3) is 0.419. The number of para-hydroxylation sites is 1. The Morgan fingerprint density at radius 2 is 1.60 bits per heavy atom. The number of hydrogen-bond donors (Lipinski definition) is 2. The maximum Gasteiger partial charge on any atom is 0.411 e. The molecule has 0 bridgehead atoms. The highest BCUT2D eigenvalue weighted by molar-refractivity contribution is 7.91. The summed E-state index contributed by atoms with van der Waals surface area (Å²) >= 11 is 1.49. The Morgan fingerprint density at radius 3 is 2.36 bits per heavy atom. The van der Waals surface area contributed by atoms with Gasteiger partial charge in [0, 0.05) is 56.3 Å². The number of nitrogens with zero attached hydrogens (tertiary/aromatic N) is 2. The number of carbonyl (C=O) groups is 2. The molecule has 0 unspecified atom stereocenters. The van der Waals surface area contributed by atoms with Crippen LogP contribution in [0.25, 0.3) is 11.1 Å². The number of rotatable bonds is 11. The van der Waals surface area contributed by atoms with Crippen LogP contribution in [0.2, 0.25) is 0 Å². The van der Waals surface area contributed by atoms with E-state index in [1.165, 1.54) is 11.3 Å². The van der Waals surface area contributed by atoms with E-state index in [0.717, 1.165) is 59.0 Å². The van der Waals surface area contributed by atoms with Crippen LogP contribution < -0.4 is 10.6 Å². The van der Waals surface area contributed by atoms with Gasteiger partial charge in [0.2, 0.25) is 0 Å². The first-order valence-corrected chi connectivity index (χ1v) is 17.1. The van der Waals surface area contributed by atoms with Crippen molar-refractivity contribution in [2.24, 2.45) is 0 Å². The zero-order valence-corrected chi connectivity index (χ0v) is 25.3. The molecule has 2 fully saturated rings. The van der Waals surface area contributed by atoms with Crippen LogP contribution in [-0.2, 0) is 21.1 Å². The standard InChI is InChI=1S/C31H38N4O5S2/c36-29(30-11-10-26(41-30)23-35-18-20-42(38,39)21-19-35)22-32-14-17-34-15-12-25(13-16-34)40-31(37)33-28-9-5-4-8-27(28)24-6-2-1-3-7-24/h1-11,25,32H,12-23H2,(H,33,37). The minimum atomic E-state index is -2.89. The molecular formula is C31H38N4O5S2. The Labute approximate surface area is 251 Å². The predicted octanol–water partition coefficient (Wildman–Crippen LogP) is 4.13. The maximum atomic E-state index is 12.7. The van der Waals surface area contributed by atoms with Crippen molar-refractivity contribution >= 4 is 38.7 Å². The van der Waals surface area contributed by atoms with Crippen molar-refractivity contribution in [3.05, 3.63) is 76.5 Å². The molecule has 1 aromatic heterocycles. The van der Waals surface area contributed by atoms with Crippen molar-refractivity contribution in [1.29, 1.82) is 0 Å². The molecule has 0 spiro atoms. The third kappa shape index (κ3) is 8.71. The van der Waals surface area contributed by atoms with Crippen molar-refractivity contribution in [3.8, 4) is 11.1 Å². The normalized spacial score (nSPS) is 18.0. The fourth-order valence-electron chi connectivity index (χ4n) is 5.27. The number of anilines is 1. The molecule has 9 nitrogen and oxygen atoms in total. The third-order valence-electron chi connectivity index (χ3n) is 7.70. The number of thiophene rings is 1. The number of Topliss-reactive ketones (excluding diaryl/α,β-unsaturated/α-hetero) is 1. The van der Waals surface area contributed by atoms with Crippen LogP contribution in [0.4, 0.5) is 10.5 Å². The second-order valence-corrected chi connectivity index (χ2v) is 14.2. The first-order valence-electron chi connectivity index (χ1n) is 14.4.